The third-order valence-electron chi connectivity index (χ3n) is 1.75. The Morgan fingerprint density at radius 1 is 1.00 bits per heavy atom. The molecule has 0 aromatic rings. The highest BCUT2D eigenvalue weighted by Gasteiger charge is 2.04. The van der Waals surface area contributed by atoms with Crippen LogP contribution >= 0.6 is 0 Å². The van der Waals surface area contributed by atoms with Crippen molar-refractivity contribution >= 4 is 0 Å². The van der Waals surface area contributed by atoms with Gasteiger partial charge in [0.25, 0.3) is 0 Å². The average Bonchev–Trinajstić information content (AvgIpc) is 1.87. The van der Waals surface area contributed by atoms with Gasteiger partial charge < -0.3 is 4.90 Å². The average molecular weight is 143 g/mol. The molecule has 62 valence electrons. The first-order valence-corrected chi connectivity index (χ1v) is 4.46. The molecule has 0 aliphatic rings. The van der Waals surface area contributed by atoms with E-state index in [4.69, 9.17) is 0 Å². The maximum Gasteiger partial charge on any atom is 0.00385 e. The Bertz CT molecular complexity index is 63.1. The molecule has 0 spiro atoms. The van der Waals surface area contributed by atoms with Crippen LogP contribution in [0, 0.1) is 0 Å². The molecular weight excluding hydrogens is 122 g/mol. The largest absolute Gasteiger partial charge is 0.301 e. The Morgan fingerprint density at radius 2 is 1.40 bits per heavy atom. The van der Waals surface area contributed by atoms with Crippen LogP contribution in [0.5, 0.6) is 0 Å². The standard InChI is InChI=1S/C9H21N/c1-5-7-10(8-6-2)9(3)4/h9H,5-8H2,1-4H3. The predicted molar refractivity (Wildman–Crippen MR) is 47.3 cm³/mol. The minimum atomic E-state index is 0.722. The third-order valence-corrected chi connectivity index (χ3v) is 1.75. The molecule has 0 bridgehead atoms. The molecule has 0 amide bonds. The van der Waals surface area contributed by atoms with Gasteiger partial charge in [0.05, 0.1) is 0 Å². The number of hydrogen-bond donors (Lipinski definition) is 0. The first-order valence-electron chi connectivity index (χ1n) is 4.46. The molecule has 0 aliphatic carbocycles. The number of hydrogen-bond acceptors (Lipinski definition) is 1. The topological polar surface area (TPSA) is 3.24 Å². The molecule has 1 heteroatoms. The van der Waals surface area contributed by atoms with Gasteiger partial charge in [0.2, 0.25) is 0 Å². The van der Waals surface area contributed by atoms with E-state index in [0.29, 0.717) is 0 Å². The van der Waals surface area contributed by atoms with Crippen molar-refractivity contribution in [2.75, 3.05) is 13.1 Å². The molecule has 0 aromatic heterocycles. The quantitative estimate of drug-likeness (QED) is 0.571. The van der Waals surface area contributed by atoms with Gasteiger partial charge in [-0.25, -0.2) is 0 Å². The molecular formula is C9H21N. The van der Waals surface area contributed by atoms with Gasteiger partial charge in [-0.3, -0.25) is 0 Å². The molecule has 0 heterocycles. The summed E-state index contributed by atoms with van der Waals surface area (Å²) in [5.41, 5.74) is 0. The number of nitrogens with zero attached hydrogens (tertiary/aromatic N) is 1. The summed E-state index contributed by atoms with van der Waals surface area (Å²) >= 11 is 0. The van der Waals surface area contributed by atoms with E-state index in [1.54, 1.807) is 0 Å². The van der Waals surface area contributed by atoms with E-state index in [9.17, 15) is 0 Å². The summed E-state index contributed by atoms with van der Waals surface area (Å²) < 4.78 is 0. The molecule has 0 saturated carbocycles. The van der Waals surface area contributed by atoms with E-state index in [-0.39, 0.29) is 0 Å². The van der Waals surface area contributed by atoms with Crippen LogP contribution in [0.4, 0.5) is 0 Å². The Balaban J connectivity index is 3.50. The molecule has 0 unspecified atom stereocenters. The Kier molecular flexibility index (Phi) is 5.70. The fraction of sp³-hybridized carbons (Fsp3) is 1.00. The Labute approximate surface area is 65.4 Å². The molecule has 0 rings (SSSR count). The third kappa shape index (κ3) is 3.89. The van der Waals surface area contributed by atoms with Crippen LogP contribution in [-0.2, 0) is 0 Å². The van der Waals surface area contributed by atoms with Crippen molar-refractivity contribution in [1.29, 1.82) is 0 Å². The molecule has 0 fully saturated rings. The van der Waals surface area contributed by atoms with Crippen molar-refractivity contribution < 1.29 is 0 Å². The minimum Gasteiger partial charge on any atom is -0.301 e. The van der Waals surface area contributed by atoms with E-state index in [1.807, 2.05) is 0 Å². The lowest BCUT2D eigenvalue weighted by molar-refractivity contribution is 0.222. The van der Waals surface area contributed by atoms with E-state index in [0.717, 1.165) is 6.04 Å². The maximum absolute atomic E-state index is 2.53. The molecule has 10 heavy (non-hydrogen) atoms. The van der Waals surface area contributed by atoms with Crippen molar-refractivity contribution in [2.45, 2.75) is 46.6 Å². The molecule has 0 N–H and O–H groups in total. The van der Waals surface area contributed by atoms with Crippen molar-refractivity contribution in [3.8, 4) is 0 Å². The van der Waals surface area contributed by atoms with Gasteiger partial charge in [0.15, 0.2) is 0 Å². The molecule has 0 atom stereocenters. The van der Waals surface area contributed by atoms with Crippen LogP contribution in [0.3, 0.4) is 0 Å². The summed E-state index contributed by atoms with van der Waals surface area (Å²) in [6.07, 6.45) is 2.55. The van der Waals surface area contributed by atoms with Gasteiger partial charge in [-0.15, -0.1) is 0 Å². The molecule has 0 aromatic carbocycles. The lowest BCUT2D eigenvalue weighted by Crippen LogP contribution is -2.32. The molecule has 1 nitrogen and oxygen atoms in total. The fourth-order valence-corrected chi connectivity index (χ4v) is 1.20. The molecule has 0 saturated heterocycles. The predicted octanol–water partition coefficient (Wildman–Crippen LogP) is 2.52. The second-order valence-corrected chi connectivity index (χ2v) is 3.13. The zero-order chi connectivity index (χ0) is 7.98. The van der Waals surface area contributed by atoms with Crippen molar-refractivity contribution in [3.63, 3.8) is 0 Å². The Hall–Kier alpha value is -0.0400. The van der Waals surface area contributed by atoms with Crippen LogP contribution in [0.1, 0.15) is 40.5 Å². The van der Waals surface area contributed by atoms with Crippen LogP contribution in [0.15, 0.2) is 0 Å². The SMILES string of the molecule is CCCN(CCC)C(C)C. The van der Waals surface area contributed by atoms with Crippen molar-refractivity contribution in [1.82, 2.24) is 4.90 Å². The van der Waals surface area contributed by atoms with Gasteiger partial charge in [-0.2, -0.15) is 0 Å². The second kappa shape index (κ2) is 5.72. The zero-order valence-electron chi connectivity index (χ0n) is 7.85. The zero-order valence-corrected chi connectivity index (χ0v) is 7.85. The van der Waals surface area contributed by atoms with Gasteiger partial charge in [0, 0.05) is 6.04 Å². The van der Waals surface area contributed by atoms with Gasteiger partial charge in [-0.05, 0) is 39.8 Å². The van der Waals surface area contributed by atoms with E-state index < -0.39 is 0 Å². The molecule has 0 radical (unpaired) electrons. The van der Waals surface area contributed by atoms with Crippen molar-refractivity contribution in [2.24, 2.45) is 0 Å². The maximum atomic E-state index is 2.53. The van der Waals surface area contributed by atoms with Crippen LogP contribution in [0.2, 0.25) is 0 Å². The highest BCUT2D eigenvalue weighted by molar-refractivity contribution is 4.60. The smallest absolute Gasteiger partial charge is 0.00385 e. The van der Waals surface area contributed by atoms with Crippen LogP contribution < -0.4 is 0 Å². The van der Waals surface area contributed by atoms with Gasteiger partial charge in [0.1, 0.15) is 0 Å². The van der Waals surface area contributed by atoms with E-state index >= 15 is 0 Å². The lowest BCUT2D eigenvalue weighted by atomic mass is 10.3. The van der Waals surface area contributed by atoms with Crippen LogP contribution in [0.25, 0.3) is 0 Å². The lowest BCUT2D eigenvalue weighted by Gasteiger charge is -2.24. The summed E-state index contributed by atoms with van der Waals surface area (Å²) in [5, 5.41) is 0. The highest BCUT2D eigenvalue weighted by Crippen LogP contribution is 1.99. The number of rotatable bonds is 5. The monoisotopic (exact) mass is 143 g/mol. The normalized spacial score (nSPS) is 11.4. The first kappa shape index (κ1) is 9.96. The summed E-state index contributed by atoms with van der Waals surface area (Å²) in [6, 6.07) is 0.722. The highest BCUT2D eigenvalue weighted by atomic mass is 15.1. The minimum absolute atomic E-state index is 0.722. The van der Waals surface area contributed by atoms with Gasteiger partial charge in [-0.1, -0.05) is 13.8 Å². The summed E-state index contributed by atoms with van der Waals surface area (Å²) in [7, 11) is 0. The summed E-state index contributed by atoms with van der Waals surface area (Å²) in [6.45, 7) is 11.5. The summed E-state index contributed by atoms with van der Waals surface area (Å²) in [4.78, 5) is 2.53. The summed E-state index contributed by atoms with van der Waals surface area (Å²) in [5.74, 6) is 0. The fourth-order valence-electron chi connectivity index (χ4n) is 1.20. The molecule has 0 aliphatic heterocycles. The van der Waals surface area contributed by atoms with Crippen molar-refractivity contribution in [3.05, 3.63) is 0 Å². The van der Waals surface area contributed by atoms with E-state index in [2.05, 4.69) is 32.6 Å². The van der Waals surface area contributed by atoms with Crippen LogP contribution in [-0.4, -0.2) is 24.0 Å². The first-order chi connectivity index (χ1) is 4.72. The Morgan fingerprint density at radius 3 is 1.60 bits per heavy atom. The van der Waals surface area contributed by atoms with E-state index in [1.165, 1.54) is 25.9 Å². The second-order valence-electron chi connectivity index (χ2n) is 3.13. The van der Waals surface area contributed by atoms with Gasteiger partial charge >= 0.3 is 0 Å².